The summed E-state index contributed by atoms with van der Waals surface area (Å²) in [7, 11) is 1.54. The highest BCUT2D eigenvalue weighted by atomic mass is 19.1. The minimum Gasteiger partial charge on any atom is -0.383 e. The van der Waals surface area contributed by atoms with Crippen LogP contribution in [0.4, 0.5) is 4.39 Å². The Morgan fingerprint density at radius 3 is 2.69 bits per heavy atom. The lowest BCUT2D eigenvalue weighted by atomic mass is 10.1. The van der Waals surface area contributed by atoms with Gasteiger partial charge in [-0.1, -0.05) is 18.2 Å². The second-order valence-electron chi connectivity index (χ2n) is 7.40. The number of carbonyl (C=O) groups is 1. The molecule has 0 saturated carbocycles. The van der Waals surface area contributed by atoms with Crippen LogP contribution in [0.25, 0.3) is 16.7 Å². The van der Waals surface area contributed by atoms with Crippen LogP contribution in [-0.2, 0) is 17.8 Å². The van der Waals surface area contributed by atoms with E-state index in [9.17, 15) is 14.0 Å². The molecule has 32 heavy (non-hydrogen) atoms. The topological polar surface area (TPSA) is 101 Å². The predicted octanol–water partition coefficient (Wildman–Crippen LogP) is 2.15. The number of methoxy groups -OCH3 is 1. The van der Waals surface area contributed by atoms with E-state index in [-0.39, 0.29) is 47.5 Å². The van der Waals surface area contributed by atoms with Crippen LogP contribution in [0, 0.1) is 18.2 Å². The highest BCUT2D eigenvalue weighted by molar-refractivity contribution is 5.96. The van der Waals surface area contributed by atoms with E-state index in [2.05, 4.69) is 10.3 Å². The zero-order valence-corrected chi connectivity index (χ0v) is 17.7. The molecule has 0 spiro atoms. The van der Waals surface area contributed by atoms with E-state index >= 15 is 0 Å². The normalized spacial score (nSPS) is 11.2. The smallest absolute Gasteiger partial charge is 0.267 e. The first-order valence-corrected chi connectivity index (χ1v) is 10.0. The number of carbonyl (C=O) groups excluding carboxylic acids is 1. The monoisotopic (exact) mass is 435 g/mol. The fraction of sp³-hybridized carbons (Fsp3) is 0.217. The van der Waals surface area contributed by atoms with E-state index in [0.717, 1.165) is 5.56 Å². The van der Waals surface area contributed by atoms with Gasteiger partial charge in [0.25, 0.3) is 11.5 Å². The van der Waals surface area contributed by atoms with Gasteiger partial charge in [0.1, 0.15) is 22.6 Å². The summed E-state index contributed by atoms with van der Waals surface area (Å²) in [6.45, 7) is 2.54. The van der Waals surface area contributed by atoms with Crippen LogP contribution in [0.15, 0.2) is 53.5 Å². The molecule has 0 saturated heterocycles. The largest absolute Gasteiger partial charge is 0.383 e. The maximum atomic E-state index is 13.2. The molecule has 0 unspecified atom stereocenters. The van der Waals surface area contributed by atoms with E-state index in [1.165, 1.54) is 34.3 Å². The van der Waals surface area contributed by atoms with Gasteiger partial charge in [0.15, 0.2) is 0 Å². The predicted molar refractivity (Wildman–Crippen MR) is 117 cm³/mol. The number of nitrogens with zero attached hydrogens (tertiary/aromatic N) is 3. The van der Waals surface area contributed by atoms with E-state index in [1.54, 1.807) is 24.4 Å². The number of ether oxygens (including phenoxy) is 1. The van der Waals surface area contributed by atoms with Gasteiger partial charge in [-0.15, -0.1) is 0 Å². The number of rotatable bonds is 6. The van der Waals surface area contributed by atoms with Gasteiger partial charge in [-0.05, 0) is 42.3 Å². The van der Waals surface area contributed by atoms with Crippen molar-refractivity contribution in [2.75, 3.05) is 13.7 Å². The molecule has 0 atom stereocenters. The average molecular weight is 435 g/mol. The average Bonchev–Trinajstić information content (AvgIpc) is 2.78. The fourth-order valence-electron chi connectivity index (χ4n) is 3.55. The van der Waals surface area contributed by atoms with Crippen molar-refractivity contribution in [2.24, 2.45) is 0 Å². The number of aryl methyl sites for hydroxylation is 1. The molecular formula is C23H22FN5O3. The summed E-state index contributed by atoms with van der Waals surface area (Å²) < 4.78 is 21.2. The maximum Gasteiger partial charge on any atom is 0.267 e. The number of pyridine rings is 2. The van der Waals surface area contributed by atoms with Crippen molar-refractivity contribution in [1.82, 2.24) is 19.3 Å². The second kappa shape index (κ2) is 8.72. The third kappa shape index (κ3) is 3.90. The standard InChI is InChI=1S/C23H22FN5O3/c1-14-4-3-9-29-20(14)27-21-18(23(29)31)12-17(19(25)28(21)10-11-32-2)22(30)26-13-15-5-7-16(24)8-6-15/h3-9,12,25H,10-11,13H2,1-2H3,(H,26,30). The number of hydrogen-bond donors (Lipinski definition) is 2. The molecule has 0 aliphatic rings. The minimum atomic E-state index is -0.513. The molecule has 3 aromatic heterocycles. The van der Waals surface area contributed by atoms with Gasteiger partial charge in [-0.2, -0.15) is 0 Å². The van der Waals surface area contributed by atoms with E-state index in [4.69, 9.17) is 10.1 Å². The number of hydrogen-bond acceptors (Lipinski definition) is 5. The van der Waals surface area contributed by atoms with Gasteiger partial charge in [0, 0.05) is 26.4 Å². The van der Waals surface area contributed by atoms with Gasteiger partial charge < -0.3 is 14.6 Å². The van der Waals surface area contributed by atoms with E-state index in [1.807, 2.05) is 13.0 Å². The lowest BCUT2D eigenvalue weighted by Gasteiger charge is -2.15. The van der Waals surface area contributed by atoms with Crippen molar-refractivity contribution in [1.29, 1.82) is 5.41 Å². The van der Waals surface area contributed by atoms with Gasteiger partial charge in [0.05, 0.1) is 17.6 Å². The minimum absolute atomic E-state index is 0.0437. The van der Waals surface area contributed by atoms with Crippen LogP contribution in [0.3, 0.4) is 0 Å². The Hall–Kier alpha value is -3.85. The Morgan fingerprint density at radius 2 is 1.97 bits per heavy atom. The highest BCUT2D eigenvalue weighted by Crippen LogP contribution is 2.13. The Labute approximate surface area is 182 Å². The van der Waals surface area contributed by atoms with Gasteiger partial charge in [-0.3, -0.25) is 19.4 Å². The van der Waals surface area contributed by atoms with Crippen molar-refractivity contribution in [3.05, 3.63) is 87.0 Å². The second-order valence-corrected chi connectivity index (χ2v) is 7.40. The first-order valence-electron chi connectivity index (χ1n) is 10.0. The molecule has 0 radical (unpaired) electrons. The van der Waals surface area contributed by atoms with Crippen molar-refractivity contribution < 1.29 is 13.9 Å². The van der Waals surface area contributed by atoms with Gasteiger partial charge >= 0.3 is 0 Å². The molecule has 0 aliphatic heterocycles. The first-order chi connectivity index (χ1) is 15.4. The summed E-state index contributed by atoms with van der Waals surface area (Å²) in [5, 5.41) is 11.6. The lowest BCUT2D eigenvalue weighted by Crippen LogP contribution is -2.35. The van der Waals surface area contributed by atoms with Crippen molar-refractivity contribution in [3.8, 4) is 0 Å². The SMILES string of the molecule is COCCn1c(=N)c(C(=O)NCc2ccc(F)cc2)cc2c(=O)n3cccc(C)c3nc21. The molecule has 1 amide bonds. The zero-order valence-electron chi connectivity index (χ0n) is 17.7. The summed E-state index contributed by atoms with van der Waals surface area (Å²) in [5.74, 6) is -0.876. The fourth-order valence-corrected chi connectivity index (χ4v) is 3.55. The number of halogens is 1. The van der Waals surface area contributed by atoms with Gasteiger partial charge in [-0.25, -0.2) is 9.37 Å². The molecular weight excluding hydrogens is 413 g/mol. The number of fused-ring (bicyclic) bond motifs is 2. The Bertz CT molecular complexity index is 1440. The van der Waals surface area contributed by atoms with Crippen LogP contribution in [0.1, 0.15) is 21.5 Å². The van der Waals surface area contributed by atoms with Gasteiger partial charge in [0.2, 0.25) is 0 Å². The molecule has 2 N–H and O–H groups in total. The van der Waals surface area contributed by atoms with Crippen LogP contribution in [-0.4, -0.2) is 33.6 Å². The number of benzene rings is 1. The molecule has 4 rings (SSSR count). The molecule has 4 aromatic rings. The van der Waals surface area contributed by atoms with Crippen molar-refractivity contribution in [3.63, 3.8) is 0 Å². The Balaban J connectivity index is 1.84. The molecule has 9 heteroatoms. The zero-order chi connectivity index (χ0) is 22.8. The molecule has 0 bridgehead atoms. The third-order valence-electron chi connectivity index (χ3n) is 5.26. The Kier molecular flexibility index (Phi) is 5.83. The Morgan fingerprint density at radius 1 is 1.22 bits per heavy atom. The summed E-state index contributed by atoms with van der Waals surface area (Å²) in [6.07, 6.45) is 1.62. The van der Waals surface area contributed by atoms with Crippen LogP contribution < -0.4 is 16.4 Å². The van der Waals surface area contributed by atoms with Crippen molar-refractivity contribution >= 4 is 22.6 Å². The third-order valence-corrected chi connectivity index (χ3v) is 5.26. The number of amides is 1. The molecule has 164 valence electrons. The lowest BCUT2D eigenvalue weighted by molar-refractivity contribution is 0.0948. The molecule has 0 aliphatic carbocycles. The van der Waals surface area contributed by atoms with Crippen molar-refractivity contribution in [2.45, 2.75) is 20.0 Å². The highest BCUT2D eigenvalue weighted by Gasteiger charge is 2.18. The first kappa shape index (κ1) is 21.4. The van der Waals surface area contributed by atoms with Crippen LogP contribution in [0.5, 0.6) is 0 Å². The quantitative estimate of drug-likeness (QED) is 0.453. The summed E-state index contributed by atoms with van der Waals surface area (Å²) >= 11 is 0. The van der Waals surface area contributed by atoms with E-state index < -0.39 is 5.91 Å². The molecule has 8 nitrogen and oxygen atoms in total. The summed E-state index contributed by atoms with van der Waals surface area (Å²) in [6, 6.07) is 10.8. The van der Waals surface area contributed by atoms with E-state index in [0.29, 0.717) is 16.9 Å². The molecule has 3 heterocycles. The molecule has 1 aromatic carbocycles. The number of nitrogens with one attached hydrogen (secondary N) is 2. The van der Waals surface area contributed by atoms with Crippen LogP contribution >= 0.6 is 0 Å². The molecule has 0 fully saturated rings. The summed E-state index contributed by atoms with van der Waals surface area (Å²) in [4.78, 5) is 30.8. The number of aromatic nitrogens is 3. The van der Waals surface area contributed by atoms with Crippen LogP contribution in [0.2, 0.25) is 0 Å². The summed E-state index contributed by atoms with van der Waals surface area (Å²) in [5.41, 5.74) is 1.98. The maximum absolute atomic E-state index is 13.2.